The smallest absolute Gasteiger partial charge is 0.411 e. The second kappa shape index (κ2) is 7.35. The third kappa shape index (κ3) is 4.48. The average Bonchev–Trinajstić information content (AvgIpc) is 2.53. The maximum atomic E-state index is 12.7. The van der Waals surface area contributed by atoms with E-state index in [4.69, 9.17) is 5.21 Å². The molecule has 0 saturated carbocycles. The van der Waals surface area contributed by atoms with Crippen molar-refractivity contribution >= 4 is 23.7 Å². The maximum Gasteiger partial charge on any atom is 0.416 e. The van der Waals surface area contributed by atoms with Gasteiger partial charge in [0, 0.05) is 17.4 Å². The largest absolute Gasteiger partial charge is 0.416 e. The zero-order valence-electron chi connectivity index (χ0n) is 12.0. The van der Waals surface area contributed by atoms with E-state index in [-0.39, 0.29) is 11.4 Å². The van der Waals surface area contributed by atoms with Gasteiger partial charge in [0.2, 0.25) is 0 Å². The van der Waals surface area contributed by atoms with E-state index in [1.165, 1.54) is 30.3 Å². The summed E-state index contributed by atoms with van der Waals surface area (Å²) < 4.78 is 38.1. The Morgan fingerprint density at radius 2 is 2.00 bits per heavy atom. The fourth-order valence-electron chi connectivity index (χ4n) is 1.94. The Balaban J connectivity index is 2.22. The lowest BCUT2D eigenvalue weighted by atomic mass is 10.1. The van der Waals surface area contributed by atoms with E-state index in [1.54, 1.807) is 0 Å². The summed E-state index contributed by atoms with van der Waals surface area (Å²) in [5.74, 6) is 0.151. The van der Waals surface area contributed by atoms with Gasteiger partial charge in [0.05, 0.1) is 21.6 Å². The summed E-state index contributed by atoms with van der Waals surface area (Å²) in [4.78, 5) is 10.8. The maximum absolute atomic E-state index is 12.7. The van der Waals surface area contributed by atoms with Gasteiger partial charge in [-0.25, -0.2) is 0 Å². The van der Waals surface area contributed by atoms with Crippen LogP contribution in [0.2, 0.25) is 0 Å². The molecule has 0 aliphatic rings. The molecule has 0 fully saturated rings. The summed E-state index contributed by atoms with van der Waals surface area (Å²) >= 11 is 1.06. The Morgan fingerprint density at radius 1 is 1.25 bits per heavy atom. The molecule has 9 heteroatoms. The van der Waals surface area contributed by atoms with E-state index >= 15 is 0 Å². The highest BCUT2D eigenvalue weighted by atomic mass is 32.2. The van der Waals surface area contributed by atoms with Crippen LogP contribution in [-0.2, 0) is 11.9 Å². The van der Waals surface area contributed by atoms with Gasteiger partial charge in [0.15, 0.2) is 0 Å². The van der Waals surface area contributed by atoms with Crippen molar-refractivity contribution in [1.29, 1.82) is 0 Å². The molecule has 0 atom stereocenters. The molecule has 2 rings (SSSR count). The van der Waals surface area contributed by atoms with E-state index in [1.807, 2.05) is 0 Å². The third-order valence-corrected chi connectivity index (χ3v) is 4.17. The molecule has 0 heterocycles. The van der Waals surface area contributed by atoms with Gasteiger partial charge in [0.25, 0.3) is 5.69 Å². The molecular formula is C15H11F3N2O3S. The number of benzene rings is 2. The fourth-order valence-corrected chi connectivity index (χ4v) is 2.89. The molecule has 0 radical (unpaired) electrons. The molecule has 2 aromatic rings. The van der Waals surface area contributed by atoms with Crippen LogP contribution in [0.25, 0.3) is 0 Å². The number of nitrogens with zero attached hydrogens (tertiary/aromatic N) is 2. The average molecular weight is 356 g/mol. The standard InChI is InChI=1S/C15H11F3N2O3S/c16-15(17,18)12-3-1-2-11(6-12)9-24-14-5-4-10(8-19-21)7-13(14)20(22)23/h1-8,21H,9H2/b19-8-. The van der Waals surface area contributed by atoms with E-state index in [0.717, 1.165) is 30.1 Å². The van der Waals surface area contributed by atoms with Gasteiger partial charge in [-0.05, 0) is 17.7 Å². The van der Waals surface area contributed by atoms with Crippen molar-refractivity contribution in [3.05, 3.63) is 69.3 Å². The van der Waals surface area contributed by atoms with Crippen LogP contribution in [0, 0.1) is 10.1 Å². The van der Waals surface area contributed by atoms with Crippen LogP contribution in [0.3, 0.4) is 0 Å². The lowest BCUT2D eigenvalue weighted by Gasteiger charge is -2.09. The molecule has 2 aromatic carbocycles. The molecule has 0 aliphatic heterocycles. The van der Waals surface area contributed by atoms with Gasteiger partial charge < -0.3 is 5.21 Å². The number of hydrogen-bond acceptors (Lipinski definition) is 5. The molecule has 1 N–H and O–H groups in total. The van der Waals surface area contributed by atoms with Gasteiger partial charge in [-0.1, -0.05) is 29.4 Å². The van der Waals surface area contributed by atoms with Crippen LogP contribution in [0.15, 0.2) is 52.5 Å². The van der Waals surface area contributed by atoms with Gasteiger partial charge in [-0.15, -0.1) is 11.8 Å². The Kier molecular flexibility index (Phi) is 5.45. The number of rotatable bonds is 5. The molecule has 24 heavy (non-hydrogen) atoms. The lowest BCUT2D eigenvalue weighted by molar-refractivity contribution is -0.387. The van der Waals surface area contributed by atoms with Crippen LogP contribution < -0.4 is 0 Å². The Morgan fingerprint density at radius 3 is 2.62 bits per heavy atom. The topological polar surface area (TPSA) is 75.7 Å². The van der Waals surface area contributed by atoms with Crippen molar-refractivity contribution in [3.63, 3.8) is 0 Å². The molecule has 0 spiro atoms. The minimum absolute atomic E-state index is 0.151. The predicted molar refractivity (Wildman–Crippen MR) is 83.5 cm³/mol. The number of nitro groups is 1. The summed E-state index contributed by atoms with van der Waals surface area (Å²) in [5.41, 5.74) is -0.216. The highest BCUT2D eigenvalue weighted by molar-refractivity contribution is 7.98. The van der Waals surface area contributed by atoms with Crippen molar-refractivity contribution in [3.8, 4) is 0 Å². The Hall–Kier alpha value is -2.55. The first-order valence-corrected chi connectivity index (χ1v) is 7.54. The minimum atomic E-state index is -4.43. The monoisotopic (exact) mass is 356 g/mol. The third-order valence-electron chi connectivity index (χ3n) is 3.04. The number of alkyl halides is 3. The Bertz CT molecular complexity index is 779. The van der Waals surface area contributed by atoms with Crippen molar-refractivity contribution in [2.45, 2.75) is 16.8 Å². The number of halogens is 3. The van der Waals surface area contributed by atoms with Crippen LogP contribution >= 0.6 is 11.8 Å². The first kappa shape index (κ1) is 17.8. The van der Waals surface area contributed by atoms with Crippen molar-refractivity contribution in [1.82, 2.24) is 0 Å². The normalized spacial score (nSPS) is 11.8. The molecule has 0 bridgehead atoms. The van der Waals surface area contributed by atoms with Crippen LogP contribution in [-0.4, -0.2) is 16.3 Å². The molecule has 0 aliphatic carbocycles. The SMILES string of the molecule is O=[N+]([O-])c1cc(/C=N\O)ccc1SCc1cccc(C(F)(F)F)c1. The van der Waals surface area contributed by atoms with Crippen molar-refractivity contribution in [2.24, 2.45) is 5.16 Å². The summed E-state index contributed by atoms with van der Waals surface area (Å²) in [5, 5.41) is 22.4. The number of oxime groups is 1. The van der Waals surface area contributed by atoms with Crippen molar-refractivity contribution in [2.75, 3.05) is 0 Å². The molecule has 126 valence electrons. The number of nitro benzene ring substituents is 1. The summed E-state index contributed by atoms with van der Waals surface area (Å²) in [7, 11) is 0. The number of thioether (sulfide) groups is 1. The second-order valence-electron chi connectivity index (χ2n) is 4.72. The van der Waals surface area contributed by atoms with Crippen LogP contribution in [0.4, 0.5) is 18.9 Å². The molecule has 0 unspecified atom stereocenters. The minimum Gasteiger partial charge on any atom is -0.411 e. The van der Waals surface area contributed by atoms with Gasteiger partial charge in [-0.2, -0.15) is 13.2 Å². The Labute approximate surface area is 138 Å². The molecule has 0 saturated heterocycles. The summed E-state index contributed by atoms with van der Waals surface area (Å²) in [6, 6.07) is 9.03. The quantitative estimate of drug-likeness (QED) is 0.277. The van der Waals surface area contributed by atoms with E-state index in [2.05, 4.69) is 5.16 Å². The second-order valence-corrected chi connectivity index (χ2v) is 5.73. The highest BCUT2D eigenvalue weighted by Crippen LogP contribution is 2.34. The summed E-state index contributed by atoms with van der Waals surface area (Å²) in [6.45, 7) is 0. The first-order chi connectivity index (χ1) is 11.3. The van der Waals surface area contributed by atoms with Gasteiger partial charge in [0.1, 0.15) is 0 Å². The molecule has 0 amide bonds. The van der Waals surface area contributed by atoms with E-state index in [9.17, 15) is 23.3 Å². The molecule has 0 aromatic heterocycles. The highest BCUT2D eigenvalue weighted by Gasteiger charge is 2.30. The lowest BCUT2D eigenvalue weighted by Crippen LogP contribution is -2.04. The zero-order valence-corrected chi connectivity index (χ0v) is 12.8. The zero-order chi connectivity index (χ0) is 17.7. The fraction of sp³-hybridized carbons (Fsp3) is 0.133. The van der Waals surface area contributed by atoms with Gasteiger partial charge in [-0.3, -0.25) is 10.1 Å². The van der Waals surface area contributed by atoms with Gasteiger partial charge >= 0.3 is 6.18 Å². The molecule has 5 nitrogen and oxygen atoms in total. The van der Waals surface area contributed by atoms with E-state index < -0.39 is 16.7 Å². The number of hydrogen-bond donors (Lipinski definition) is 1. The van der Waals surface area contributed by atoms with E-state index in [0.29, 0.717) is 16.0 Å². The first-order valence-electron chi connectivity index (χ1n) is 6.56. The van der Waals surface area contributed by atoms with Crippen LogP contribution in [0.5, 0.6) is 0 Å². The van der Waals surface area contributed by atoms with Crippen LogP contribution in [0.1, 0.15) is 16.7 Å². The molecular weight excluding hydrogens is 345 g/mol. The van der Waals surface area contributed by atoms with Crippen molar-refractivity contribution < 1.29 is 23.3 Å². The predicted octanol–water partition coefficient (Wildman–Crippen LogP) is 4.71. The summed E-state index contributed by atoms with van der Waals surface area (Å²) in [6.07, 6.45) is -3.38.